The largest absolute Gasteiger partial charge is 0.353 e. The number of benzene rings is 1. The molecule has 0 saturated heterocycles. The number of amides is 1. The fourth-order valence-corrected chi connectivity index (χ4v) is 2.77. The van der Waals surface area contributed by atoms with Crippen LogP contribution in [0.5, 0.6) is 0 Å². The van der Waals surface area contributed by atoms with Gasteiger partial charge in [-0.3, -0.25) is 4.79 Å². The summed E-state index contributed by atoms with van der Waals surface area (Å²) < 4.78 is 1.10. The molecule has 1 fully saturated rings. The quantitative estimate of drug-likeness (QED) is 0.905. The van der Waals surface area contributed by atoms with Crippen LogP contribution in [-0.4, -0.2) is 11.9 Å². The zero-order chi connectivity index (χ0) is 13.0. The van der Waals surface area contributed by atoms with E-state index in [9.17, 15) is 4.79 Å². The van der Waals surface area contributed by atoms with Gasteiger partial charge in [0.2, 0.25) is 5.91 Å². The molecule has 0 bridgehead atoms. The van der Waals surface area contributed by atoms with Crippen LogP contribution in [0.4, 0.5) is 0 Å². The first-order chi connectivity index (χ1) is 8.65. The number of carbonyl (C=O) groups excluding carboxylic acids is 1. The molecule has 0 unspecified atom stereocenters. The average Bonchev–Trinajstić information content (AvgIpc) is 2.35. The van der Waals surface area contributed by atoms with Gasteiger partial charge < -0.3 is 5.32 Å². The maximum absolute atomic E-state index is 12.0. The second kappa shape index (κ2) is 6.37. The minimum absolute atomic E-state index is 0.156. The fraction of sp³-hybridized carbons (Fsp3) is 0.533. The highest BCUT2D eigenvalue weighted by molar-refractivity contribution is 9.10. The number of halogens is 1. The van der Waals surface area contributed by atoms with Crippen LogP contribution in [-0.2, 0) is 11.2 Å². The number of nitrogens with one attached hydrogen (secondary N) is 1. The van der Waals surface area contributed by atoms with Crippen LogP contribution in [0.25, 0.3) is 0 Å². The Morgan fingerprint density at radius 1 is 1.33 bits per heavy atom. The number of rotatable bonds is 3. The molecule has 1 N–H and O–H groups in total. The van der Waals surface area contributed by atoms with Gasteiger partial charge in [-0.25, -0.2) is 0 Å². The third-order valence-corrected chi connectivity index (χ3v) is 4.45. The van der Waals surface area contributed by atoms with Crippen molar-refractivity contribution in [2.45, 2.75) is 51.5 Å². The summed E-state index contributed by atoms with van der Waals surface area (Å²) in [5, 5.41) is 3.15. The predicted octanol–water partition coefficient (Wildman–Crippen LogP) is 3.75. The van der Waals surface area contributed by atoms with Crippen molar-refractivity contribution in [3.8, 4) is 0 Å². The van der Waals surface area contributed by atoms with E-state index in [-0.39, 0.29) is 5.91 Å². The summed E-state index contributed by atoms with van der Waals surface area (Å²) in [6, 6.07) is 6.50. The summed E-state index contributed by atoms with van der Waals surface area (Å²) in [6.45, 7) is 2.05. The van der Waals surface area contributed by atoms with E-state index in [1.165, 1.54) is 24.8 Å². The Bertz CT molecular complexity index is 425. The lowest BCUT2D eigenvalue weighted by atomic mass is 9.95. The van der Waals surface area contributed by atoms with E-state index < -0.39 is 0 Å². The lowest BCUT2D eigenvalue weighted by Gasteiger charge is -2.22. The molecule has 1 aromatic rings. The maximum Gasteiger partial charge on any atom is 0.224 e. The predicted molar refractivity (Wildman–Crippen MR) is 77.6 cm³/mol. The van der Waals surface area contributed by atoms with Crippen molar-refractivity contribution in [1.82, 2.24) is 5.32 Å². The van der Waals surface area contributed by atoms with Crippen LogP contribution in [0.1, 0.15) is 43.2 Å². The Balaban J connectivity index is 1.88. The second-order valence-electron chi connectivity index (χ2n) is 5.16. The smallest absolute Gasteiger partial charge is 0.224 e. The molecule has 1 saturated carbocycles. The highest BCUT2D eigenvalue weighted by Crippen LogP contribution is 2.19. The minimum atomic E-state index is 0.156. The van der Waals surface area contributed by atoms with E-state index in [0.29, 0.717) is 12.5 Å². The highest BCUT2D eigenvalue weighted by Gasteiger charge is 2.15. The van der Waals surface area contributed by atoms with Crippen molar-refractivity contribution in [2.24, 2.45) is 0 Å². The van der Waals surface area contributed by atoms with Gasteiger partial charge in [0.15, 0.2) is 0 Å². The van der Waals surface area contributed by atoms with Crippen LogP contribution < -0.4 is 5.32 Å². The molecule has 1 aromatic carbocycles. The Hall–Kier alpha value is -0.830. The summed E-state index contributed by atoms with van der Waals surface area (Å²) in [6.07, 6.45) is 6.60. The van der Waals surface area contributed by atoms with E-state index >= 15 is 0 Å². The molecule has 18 heavy (non-hydrogen) atoms. The van der Waals surface area contributed by atoms with Crippen LogP contribution >= 0.6 is 15.9 Å². The second-order valence-corrected chi connectivity index (χ2v) is 6.02. The van der Waals surface area contributed by atoms with E-state index in [1.807, 2.05) is 19.1 Å². The Labute approximate surface area is 117 Å². The van der Waals surface area contributed by atoms with Crippen molar-refractivity contribution in [1.29, 1.82) is 0 Å². The fourth-order valence-electron chi connectivity index (χ4n) is 2.53. The van der Waals surface area contributed by atoms with E-state index in [1.54, 1.807) is 0 Å². The molecular weight excluding hydrogens is 290 g/mol. The van der Waals surface area contributed by atoms with E-state index in [2.05, 4.69) is 27.3 Å². The zero-order valence-electron chi connectivity index (χ0n) is 10.8. The maximum atomic E-state index is 12.0. The Morgan fingerprint density at radius 3 is 2.72 bits per heavy atom. The number of aryl methyl sites for hydroxylation is 1. The third kappa shape index (κ3) is 3.84. The van der Waals surface area contributed by atoms with Gasteiger partial charge in [-0.2, -0.15) is 0 Å². The SMILES string of the molecule is Cc1cc(CC(=O)NC2CCCCC2)ccc1Br. The van der Waals surface area contributed by atoms with Crippen molar-refractivity contribution in [2.75, 3.05) is 0 Å². The highest BCUT2D eigenvalue weighted by atomic mass is 79.9. The summed E-state index contributed by atoms with van der Waals surface area (Å²) in [5.41, 5.74) is 2.27. The van der Waals surface area contributed by atoms with Crippen molar-refractivity contribution in [3.63, 3.8) is 0 Å². The van der Waals surface area contributed by atoms with Gasteiger partial charge >= 0.3 is 0 Å². The number of carbonyl (C=O) groups is 1. The number of hydrogen-bond acceptors (Lipinski definition) is 1. The molecular formula is C15H20BrNO. The molecule has 2 rings (SSSR count). The monoisotopic (exact) mass is 309 g/mol. The van der Waals surface area contributed by atoms with Gasteiger partial charge in [0, 0.05) is 10.5 Å². The number of hydrogen-bond donors (Lipinski definition) is 1. The van der Waals surface area contributed by atoms with Crippen molar-refractivity contribution in [3.05, 3.63) is 33.8 Å². The van der Waals surface area contributed by atoms with E-state index in [0.717, 1.165) is 22.9 Å². The molecule has 1 aliphatic carbocycles. The summed E-state index contributed by atoms with van der Waals surface area (Å²) >= 11 is 3.47. The Kier molecular flexibility index (Phi) is 4.81. The van der Waals surface area contributed by atoms with Crippen LogP contribution in [0.15, 0.2) is 22.7 Å². The Morgan fingerprint density at radius 2 is 2.06 bits per heavy atom. The normalized spacial score (nSPS) is 16.6. The standard InChI is InChI=1S/C15H20BrNO/c1-11-9-12(7-8-14(11)16)10-15(18)17-13-5-3-2-4-6-13/h7-9,13H,2-6,10H2,1H3,(H,17,18). The molecule has 0 spiro atoms. The molecule has 0 aromatic heterocycles. The van der Waals surface area contributed by atoms with Gasteiger partial charge in [0.05, 0.1) is 6.42 Å². The topological polar surface area (TPSA) is 29.1 Å². The molecule has 2 nitrogen and oxygen atoms in total. The summed E-state index contributed by atoms with van der Waals surface area (Å²) in [4.78, 5) is 12.0. The van der Waals surface area contributed by atoms with Crippen molar-refractivity contribution >= 4 is 21.8 Å². The molecule has 0 heterocycles. The van der Waals surface area contributed by atoms with Gasteiger partial charge in [-0.05, 0) is 37.0 Å². The third-order valence-electron chi connectivity index (χ3n) is 3.56. The molecule has 1 amide bonds. The molecule has 0 atom stereocenters. The minimum Gasteiger partial charge on any atom is -0.353 e. The lowest BCUT2D eigenvalue weighted by Crippen LogP contribution is -2.37. The zero-order valence-corrected chi connectivity index (χ0v) is 12.4. The molecule has 0 aliphatic heterocycles. The first kappa shape index (κ1) is 13.6. The summed E-state index contributed by atoms with van der Waals surface area (Å²) in [5.74, 6) is 0.156. The molecule has 1 aliphatic rings. The first-order valence-electron chi connectivity index (χ1n) is 6.69. The molecule has 3 heteroatoms. The van der Waals surface area contributed by atoms with Gasteiger partial charge in [-0.15, -0.1) is 0 Å². The van der Waals surface area contributed by atoms with Gasteiger partial charge in [-0.1, -0.05) is 47.3 Å². The van der Waals surface area contributed by atoms with Gasteiger partial charge in [0.25, 0.3) is 0 Å². The first-order valence-corrected chi connectivity index (χ1v) is 7.49. The van der Waals surface area contributed by atoms with Crippen molar-refractivity contribution < 1.29 is 4.79 Å². The van der Waals surface area contributed by atoms with Crippen LogP contribution in [0, 0.1) is 6.92 Å². The summed E-state index contributed by atoms with van der Waals surface area (Å²) in [7, 11) is 0. The molecule has 98 valence electrons. The van der Waals surface area contributed by atoms with Gasteiger partial charge in [0.1, 0.15) is 0 Å². The molecule has 0 radical (unpaired) electrons. The van der Waals surface area contributed by atoms with Crippen LogP contribution in [0.2, 0.25) is 0 Å². The van der Waals surface area contributed by atoms with E-state index in [4.69, 9.17) is 0 Å². The average molecular weight is 310 g/mol. The lowest BCUT2D eigenvalue weighted by molar-refractivity contribution is -0.121. The van der Waals surface area contributed by atoms with Crippen LogP contribution in [0.3, 0.4) is 0 Å².